The number of halogens is 1. The second-order valence-electron chi connectivity index (χ2n) is 6.16. The lowest BCUT2D eigenvalue weighted by Gasteiger charge is -2.09. The molecule has 3 rings (SSSR count). The Morgan fingerprint density at radius 3 is 2.75 bits per heavy atom. The topological polar surface area (TPSA) is 99.3 Å². The normalized spacial score (nSPS) is 10.5. The Morgan fingerprint density at radius 2 is 2.04 bits per heavy atom. The van der Waals surface area contributed by atoms with E-state index >= 15 is 0 Å². The summed E-state index contributed by atoms with van der Waals surface area (Å²) in [5.41, 5.74) is 2.24. The molecule has 1 amide bonds. The van der Waals surface area contributed by atoms with Gasteiger partial charge in [-0.3, -0.25) is 14.9 Å². The lowest BCUT2D eigenvalue weighted by Crippen LogP contribution is -2.14. The number of benzene rings is 2. The first-order chi connectivity index (χ1) is 13.3. The molecule has 0 fully saturated rings. The number of non-ortho nitro benzene ring substituents is 1. The third-order valence-electron chi connectivity index (χ3n) is 3.97. The van der Waals surface area contributed by atoms with Crippen molar-refractivity contribution in [2.45, 2.75) is 20.6 Å². The van der Waals surface area contributed by atoms with Crippen LogP contribution in [0.1, 0.15) is 21.6 Å². The van der Waals surface area contributed by atoms with Crippen LogP contribution in [0.4, 0.5) is 11.4 Å². The minimum atomic E-state index is -0.564. The van der Waals surface area contributed by atoms with Crippen LogP contribution >= 0.6 is 11.6 Å². The zero-order valence-electron chi connectivity index (χ0n) is 15.2. The number of nitro benzene ring substituents is 1. The molecule has 0 radical (unpaired) electrons. The maximum absolute atomic E-state index is 12.4. The van der Waals surface area contributed by atoms with Crippen LogP contribution in [0.25, 0.3) is 0 Å². The minimum Gasteiger partial charge on any atom is -0.471 e. The van der Waals surface area contributed by atoms with Crippen molar-refractivity contribution >= 4 is 28.9 Å². The van der Waals surface area contributed by atoms with Crippen molar-refractivity contribution in [1.29, 1.82) is 0 Å². The van der Waals surface area contributed by atoms with Crippen molar-refractivity contribution < 1.29 is 14.5 Å². The van der Waals surface area contributed by atoms with Gasteiger partial charge in [-0.15, -0.1) is 0 Å². The van der Waals surface area contributed by atoms with Gasteiger partial charge in [-0.05, 0) is 37.6 Å². The molecule has 0 saturated carbocycles. The Bertz CT molecular complexity index is 1050. The number of rotatable bonds is 6. The van der Waals surface area contributed by atoms with Gasteiger partial charge in [0.25, 0.3) is 11.6 Å². The van der Waals surface area contributed by atoms with E-state index < -0.39 is 10.8 Å². The number of nitrogens with one attached hydrogen (secondary N) is 1. The van der Waals surface area contributed by atoms with Crippen LogP contribution in [0.5, 0.6) is 5.75 Å². The molecule has 144 valence electrons. The van der Waals surface area contributed by atoms with E-state index in [0.717, 1.165) is 16.9 Å². The molecule has 0 atom stereocenters. The van der Waals surface area contributed by atoms with Gasteiger partial charge in [0.05, 0.1) is 15.6 Å². The molecule has 28 heavy (non-hydrogen) atoms. The second kappa shape index (κ2) is 8.10. The summed E-state index contributed by atoms with van der Waals surface area (Å²) in [5.74, 6) is 0.197. The first-order valence-electron chi connectivity index (χ1n) is 8.32. The summed E-state index contributed by atoms with van der Waals surface area (Å²) in [6, 6.07) is 11.2. The van der Waals surface area contributed by atoms with Crippen molar-refractivity contribution in [3.05, 3.63) is 80.6 Å². The van der Waals surface area contributed by atoms with Crippen molar-refractivity contribution in [1.82, 2.24) is 9.78 Å². The van der Waals surface area contributed by atoms with Gasteiger partial charge in [-0.25, -0.2) is 4.68 Å². The lowest BCUT2D eigenvalue weighted by atomic mass is 10.1. The standard InChI is InChI=1S/C19H17ClN4O4/c1-12-3-6-18(13(2)9-12)28-11-23-8-7-16(22-23)19(25)21-17-10-14(24(26)27)4-5-15(17)20/h3-10H,11H2,1-2H3,(H,21,25). The van der Waals surface area contributed by atoms with Crippen LogP contribution in [-0.4, -0.2) is 20.6 Å². The second-order valence-corrected chi connectivity index (χ2v) is 6.57. The molecule has 0 aliphatic rings. The fourth-order valence-electron chi connectivity index (χ4n) is 2.56. The summed E-state index contributed by atoms with van der Waals surface area (Å²) in [4.78, 5) is 22.7. The van der Waals surface area contributed by atoms with E-state index in [-0.39, 0.29) is 28.8 Å². The van der Waals surface area contributed by atoms with Crippen molar-refractivity contribution in [2.75, 3.05) is 5.32 Å². The van der Waals surface area contributed by atoms with Crippen LogP contribution in [-0.2, 0) is 6.73 Å². The quantitative estimate of drug-likeness (QED) is 0.489. The van der Waals surface area contributed by atoms with Gasteiger partial charge in [-0.2, -0.15) is 5.10 Å². The molecule has 8 nitrogen and oxygen atoms in total. The molecule has 0 aliphatic heterocycles. The Kier molecular flexibility index (Phi) is 5.60. The van der Waals surface area contributed by atoms with E-state index in [9.17, 15) is 14.9 Å². The molecule has 1 heterocycles. The summed E-state index contributed by atoms with van der Waals surface area (Å²) in [5, 5.41) is 17.8. The summed E-state index contributed by atoms with van der Waals surface area (Å²) in [6.07, 6.45) is 1.60. The number of ether oxygens (including phenoxy) is 1. The number of hydrogen-bond acceptors (Lipinski definition) is 5. The van der Waals surface area contributed by atoms with Crippen LogP contribution < -0.4 is 10.1 Å². The van der Waals surface area contributed by atoms with E-state index in [1.807, 2.05) is 32.0 Å². The molecule has 1 N–H and O–H groups in total. The average molecular weight is 401 g/mol. The van der Waals surface area contributed by atoms with Crippen molar-refractivity contribution in [3.8, 4) is 5.75 Å². The van der Waals surface area contributed by atoms with Crippen molar-refractivity contribution in [3.63, 3.8) is 0 Å². The molecule has 9 heteroatoms. The number of aromatic nitrogens is 2. The Balaban J connectivity index is 1.67. The molecular formula is C19H17ClN4O4. The number of aryl methyl sites for hydroxylation is 2. The molecule has 0 bridgehead atoms. The van der Waals surface area contributed by atoms with Gasteiger partial charge >= 0.3 is 0 Å². The molecule has 3 aromatic rings. The maximum atomic E-state index is 12.4. The fraction of sp³-hybridized carbons (Fsp3) is 0.158. The highest BCUT2D eigenvalue weighted by atomic mass is 35.5. The summed E-state index contributed by atoms with van der Waals surface area (Å²) in [7, 11) is 0. The number of anilines is 1. The van der Waals surface area contributed by atoms with Crippen LogP contribution in [0, 0.1) is 24.0 Å². The largest absolute Gasteiger partial charge is 0.471 e. The number of carbonyl (C=O) groups excluding carboxylic acids is 1. The highest BCUT2D eigenvalue weighted by molar-refractivity contribution is 6.34. The lowest BCUT2D eigenvalue weighted by molar-refractivity contribution is -0.384. The molecule has 0 aliphatic carbocycles. The molecule has 0 saturated heterocycles. The van der Waals surface area contributed by atoms with Gasteiger partial charge in [0.1, 0.15) is 5.75 Å². The summed E-state index contributed by atoms with van der Waals surface area (Å²) < 4.78 is 7.20. The number of nitro groups is 1. The van der Waals surface area contributed by atoms with Gasteiger partial charge in [0.15, 0.2) is 12.4 Å². The Morgan fingerprint density at radius 1 is 1.25 bits per heavy atom. The molecule has 0 unspecified atom stereocenters. The van der Waals surface area contributed by atoms with Gasteiger partial charge < -0.3 is 10.1 Å². The van der Waals surface area contributed by atoms with Gasteiger partial charge in [0.2, 0.25) is 0 Å². The van der Waals surface area contributed by atoms with E-state index in [4.69, 9.17) is 16.3 Å². The predicted molar refractivity (Wildman–Crippen MR) is 105 cm³/mol. The zero-order chi connectivity index (χ0) is 20.3. The molecule has 2 aromatic carbocycles. The average Bonchev–Trinajstić information content (AvgIpc) is 3.12. The number of amides is 1. The van der Waals surface area contributed by atoms with Gasteiger partial charge in [0, 0.05) is 18.3 Å². The smallest absolute Gasteiger partial charge is 0.276 e. The molecule has 1 aromatic heterocycles. The molecule has 0 spiro atoms. The van der Waals surface area contributed by atoms with E-state index in [2.05, 4.69) is 10.4 Å². The third-order valence-corrected chi connectivity index (χ3v) is 4.29. The highest BCUT2D eigenvalue weighted by Crippen LogP contribution is 2.27. The minimum absolute atomic E-state index is 0.131. The van der Waals surface area contributed by atoms with Gasteiger partial charge in [-0.1, -0.05) is 29.3 Å². The number of hydrogen-bond donors (Lipinski definition) is 1. The number of nitrogens with zero attached hydrogens (tertiary/aromatic N) is 3. The first-order valence-corrected chi connectivity index (χ1v) is 8.70. The third kappa shape index (κ3) is 4.47. The summed E-state index contributed by atoms with van der Waals surface area (Å²) >= 11 is 6.00. The highest BCUT2D eigenvalue weighted by Gasteiger charge is 2.15. The summed E-state index contributed by atoms with van der Waals surface area (Å²) in [6.45, 7) is 4.09. The Labute approximate surface area is 165 Å². The zero-order valence-corrected chi connectivity index (χ0v) is 15.9. The van der Waals surface area contributed by atoms with Crippen LogP contribution in [0.3, 0.4) is 0 Å². The van der Waals surface area contributed by atoms with Crippen LogP contribution in [0.2, 0.25) is 5.02 Å². The number of carbonyl (C=O) groups is 1. The maximum Gasteiger partial charge on any atom is 0.276 e. The fourth-order valence-corrected chi connectivity index (χ4v) is 2.73. The first kappa shape index (κ1) is 19.4. The van der Waals surface area contributed by atoms with E-state index in [1.54, 1.807) is 6.20 Å². The van der Waals surface area contributed by atoms with Crippen molar-refractivity contribution in [2.24, 2.45) is 0 Å². The van der Waals surface area contributed by atoms with Crippen LogP contribution in [0.15, 0.2) is 48.7 Å². The van der Waals surface area contributed by atoms with E-state index in [1.165, 1.54) is 28.9 Å². The SMILES string of the molecule is Cc1ccc(OCn2ccc(C(=O)Nc3cc([N+](=O)[O-])ccc3Cl)n2)c(C)c1. The predicted octanol–water partition coefficient (Wildman–Crippen LogP) is 4.35. The monoisotopic (exact) mass is 400 g/mol. The van der Waals surface area contributed by atoms with E-state index in [0.29, 0.717) is 0 Å². The molecular weight excluding hydrogens is 384 g/mol. The Hall–Kier alpha value is -3.39.